The van der Waals surface area contributed by atoms with E-state index in [-0.39, 0.29) is 61.9 Å². The number of fused-ring (bicyclic) bond motifs is 2. The minimum absolute atomic E-state index is 0.0273. The summed E-state index contributed by atoms with van der Waals surface area (Å²) in [5.74, 6) is -3.49. The predicted molar refractivity (Wildman–Crippen MR) is 333 cm³/mol. The van der Waals surface area contributed by atoms with E-state index in [0.29, 0.717) is 0 Å². The predicted octanol–water partition coefficient (Wildman–Crippen LogP) is 9.83. The lowest BCUT2D eigenvalue weighted by molar-refractivity contribution is -0.383. The number of esters is 4. The van der Waals surface area contributed by atoms with Gasteiger partial charge >= 0.3 is 23.9 Å². The van der Waals surface area contributed by atoms with Crippen LogP contribution in [0.5, 0.6) is 0 Å². The molecule has 8 aromatic carbocycles. The Morgan fingerprint density at radius 3 is 1.19 bits per heavy atom. The van der Waals surface area contributed by atoms with E-state index in [9.17, 15) is 24.3 Å². The summed E-state index contributed by atoms with van der Waals surface area (Å²) in [6.45, 7) is -0.663. The number of hydrogen-bond acceptors (Lipinski definition) is 19. The molecule has 2 bridgehead atoms. The maximum absolute atomic E-state index is 14.9. The normalized spacial score (nSPS) is 26.5. The van der Waals surface area contributed by atoms with E-state index in [2.05, 4.69) is 0 Å². The fourth-order valence-corrected chi connectivity index (χ4v) is 11.5. The highest BCUT2D eigenvalue weighted by Crippen LogP contribution is 2.40. The van der Waals surface area contributed by atoms with Crippen LogP contribution in [0.25, 0.3) is 0 Å². The van der Waals surface area contributed by atoms with Crippen LogP contribution in [0.1, 0.15) is 63.7 Å². The Morgan fingerprint density at radius 1 is 0.355 bits per heavy atom. The second-order valence-electron chi connectivity index (χ2n) is 22.6. The van der Waals surface area contributed by atoms with Gasteiger partial charge in [0.25, 0.3) is 0 Å². The Kier molecular flexibility index (Phi) is 21.9. The molecule has 0 amide bonds. The molecule has 4 saturated heterocycles. The first kappa shape index (κ1) is 64.3. The zero-order chi connectivity index (χ0) is 63.7. The molecule has 12 rings (SSSR count). The standard InChI is InChI=1S/C74H70O19/c75-59-56-46-85-72(86-56)65(82-43-50-29-13-3-14-30-50)62(59)92-73-66(83-44-51-31-15-4-16-32-51)63(60(81-42-49-27-11-2-12-28-49)57(87-73)45-80-41-48-25-9-1-10-26-48)93-74-67(91-71(79)55-39-23-8-24-40-55)64(90-70(78)54-37-21-7-22-38-54)61(89-69(77)53-35-19-6-20-36-53)58(88-74)47-84-68(76)52-33-17-5-18-34-52/h1-40,56-67,72-75H,41-47H2/t56-,57-,58-,59+,60+,61-,62+,63+,64+,65-,66-,67+,72-,73+,74-/m1/s1. The maximum Gasteiger partial charge on any atom is 0.338 e. The van der Waals surface area contributed by atoms with Crippen LogP contribution in [0.15, 0.2) is 243 Å². The largest absolute Gasteiger partial charge is 0.459 e. The first-order chi connectivity index (χ1) is 45.7. The minimum atomic E-state index is -1.88. The van der Waals surface area contributed by atoms with Crippen molar-refractivity contribution in [3.05, 3.63) is 287 Å². The summed E-state index contributed by atoms with van der Waals surface area (Å²) < 4.78 is 94.1. The molecule has 0 spiro atoms. The van der Waals surface area contributed by atoms with Crippen molar-refractivity contribution in [1.29, 1.82) is 0 Å². The average Bonchev–Trinajstić information content (AvgIpc) is 1.77. The fraction of sp³-hybridized carbons (Fsp3) is 0.297. The lowest BCUT2D eigenvalue weighted by atomic mass is 9.95. The topological polar surface area (TPSA) is 218 Å². The highest BCUT2D eigenvalue weighted by Gasteiger charge is 2.59. The highest BCUT2D eigenvalue weighted by atomic mass is 16.8. The van der Waals surface area contributed by atoms with Crippen molar-refractivity contribution in [3.8, 4) is 0 Å². The van der Waals surface area contributed by atoms with E-state index < -0.39 is 123 Å². The molecule has 93 heavy (non-hydrogen) atoms. The molecule has 1 N–H and O–H groups in total. The van der Waals surface area contributed by atoms with E-state index >= 15 is 0 Å². The molecule has 8 aromatic rings. The summed E-state index contributed by atoms with van der Waals surface area (Å²) >= 11 is 0. The highest BCUT2D eigenvalue weighted by molar-refractivity contribution is 5.91. The third-order valence-corrected chi connectivity index (χ3v) is 16.2. The second-order valence-corrected chi connectivity index (χ2v) is 22.6. The molecular weight excluding hydrogens is 1190 g/mol. The molecule has 0 radical (unpaired) electrons. The third kappa shape index (κ3) is 16.5. The molecule has 4 fully saturated rings. The number of rotatable bonds is 26. The summed E-state index contributed by atoms with van der Waals surface area (Å²) in [7, 11) is 0. The lowest BCUT2D eigenvalue weighted by Gasteiger charge is -2.50. The maximum atomic E-state index is 14.9. The van der Waals surface area contributed by atoms with Crippen molar-refractivity contribution in [1.82, 2.24) is 0 Å². The van der Waals surface area contributed by atoms with Crippen molar-refractivity contribution in [2.24, 2.45) is 0 Å². The van der Waals surface area contributed by atoms with Gasteiger partial charge in [-0.3, -0.25) is 0 Å². The van der Waals surface area contributed by atoms with Crippen LogP contribution in [0.4, 0.5) is 0 Å². The smallest absolute Gasteiger partial charge is 0.338 e. The van der Waals surface area contributed by atoms with Gasteiger partial charge in [0.05, 0.1) is 61.9 Å². The van der Waals surface area contributed by atoms with Crippen LogP contribution in [0.2, 0.25) is 0 Å². The van der Waals surface area contributed by atoms with Gasteiger partial charge in [0, 0.05) is 0 Å². The van der Waals surface area contributed by atoms with Gasteiger partial charge in [0.2, 0.25) is 0 Å². The summed E-state index contributed by atoms with van der Waals surface area (Å²) in [4.78, 5) is 58.3. The molecule has 4 aliphatic heterocycles. The molecule has 15 atom stereocenters. The second kappa shape index (κ2) is 31.7. The molecule has 0 saturated carbocycles. The van der Waals surface area contributed by atoms with Crippen LogP contribution in [-0.4, -0.2) is 141 Å². The van der Waals surface area contributed by atoms with E-state index in [1.54, 1.807) is 84.9 Å². The van der Waals surface area contributed by atoms with Gasteiger partial charge in [-0.15, -0.1) is 0 Å². The van der Waals surface area contributed by atoms with E-state index in [4.69, 9.17) is 66.3 Å². The molecule has 19 nitrogen and oxygen atoms in total. The summed E-state index contributed by atoms with van der Waals surface area (Å²) in [6.07, 6.45) is -20.9. The van der Waals surface area contributed by atoms with Gasteiger partial charge in [-0.05, 0) is 70.8 Å². The molecule has 19 heteroatoms. The van der Waals surface area contributed by atoms with Gasteiger partial charge in [-0.25, -0.2) is 19.2 Å². The van der Waals surface area contributed by atoms with Crippen LogP contribution < -0.4 is 0 Å². The van der Waals surface area contributed by atoms with Crippen molar-refractivity contribution in [2.45, 2.75) is 119 Å². The van der Waals surface area contributed by atoms with Gasteiger partial charge in [-0.1, -0.05) is 194 Å². The van der Waals surface area contributed by atoms with Gasteiger partial charge < -0.3 is 71.4 Å². The first-order valence-corrected chi connectivity index (χ1v) is 30.8. The Balaban J connectivity index is 1.00. The van der Waals surface area contributed by atoms with Gasteiger partial charge in [0.1, 0.15) is 61.5 Å². The zero-order valence-corrected chi connectivity index (χ0v) is 50.5. The Hall–Kier alpha value is -8.80. The molecule has 0 aromatic heterocycles. The number of aliphatic hydroxyl groups is 1. The number of ether oxygens (including phenoxy) is 14. The fourth-order valence-electron chi connectivity index (χ4n) is 11.5. The van der Waals surface area contributed by atoms with Gasteiger partial charge in [-0.2, -0.15) is 0 Å². The number of aliphatic hydroxyl groups excluding tert-OH is 1. The molecule has 4 aliphatic rings. The minimum Gasteiger partial charge on any atom is -0.459 e. The van der Waals surface area contributed by atoms with Crippen LogP contribution in [-0.2, 0) is 92.7 Å². The monoisotopic (exact) mass is 1260 g/mol. The Labute approximate surface area is 537 Å². The van der Waals surface area contributed by atoms with E-state index in [0.717, 1.165) is 22.3 Å². The van der Waals surface area contributed by atoms with Crippen LogP contribution >= 0.6 is 0 Å². The molecule has 480 valence electrons. The summed E-state index contributed by atoms with van der Waals surface area (Å²) in [6, 6.07) is 70.2. The van der Waals surface area contributed by atoms with Crippen molar-refractivity contribution in [2.75, 3.05) is 19.8 Å². The number of carbonyl (C=O) groups excluding carboxylic acids is 4. The third-order valence-electron chi connectivity index (χ3n) is 16.2. The summed E-state index contributed by atoms with van der Waals surface area (Å²) in [5, 5.41) is 12.3. The van der Waals surface area contributed by atoms with E-state index in [1.807, 2.05) is 121 Å². The van der Waals surface area contributed by atoms with Crippen LogP contribution in [0.3, 0.4) is 0 Å². The average molecular weight is 1260 g/mol. The van der Waals surface area contributed by atoms with Crippen molar-refractivity contribution >= 4 is 23.9 Å². The van der Waals surface area contributed by atoms with E-state index in [1.165, 1.54) is 36.4 Å². The molecule has 0 aliphatic carbocycles. The first-order valence-electron chi connectivity index (χ1n) is 30.8. The zero-order valence-electron chi connectivity index (χ0n) is 50.5. The Bertz CT molecular complexity index is 3620. The SMILES string of the molecule is O=C(OC[C@H]1O[C@H](O[C@H]2[C@@H](OCc3ccccc3)[C@@H](COCc3ccccc3)O[C@@H](O[C@H]3[C@@H](O)[C@H]4CO[C@H](O4)[C@@H]3OCc3ccccc3)[C@@H]2OCc2ccccc2)[C@@H](OC(=O)c2ccccc2)[C@@H](OC(=O)c2ccccc2)[C@@H]1OC(=O)c1ccccc1)c1ccccc1. The van der Waals surface area contributed by atoms with Crippen molar-refractivity contribution in [3.63, 3.8) is 0 Å². The Morgan fingerprint density at radius 2 is 0.720 bits per heavy atom. The van der Waals surface area contributed by atoms with Gasteiger partial charge in [0.15, 0.2) is 37.2 Å². The lowest BCUT2D eigenvalue weighted by Crippen LogP contribution is -2.68. The number of hydrogen-bond donors (Lipinski definition) is 1. The molecule has 0 unspecified atom stereocenters. The van der Waals surface area contributed by atoms with Crippen LogP contribution in [0, 0.1) is 0 Å². The van der Waals surface area contributed by atoms with Crippen molar-refractivity contribution < 1.29 is 90.6 Å². The molecular formula is C74H70O19. The summed E-state index contributed by atoms with van der Waals surface area (Å²) in [5.41, 5.74) is 3.64. The number of carbonyl (C=O) groups is 4. The molecule has 4 heterocycles. The quantitative estimate of drug-likeness (QED) is 0.0394. The number of benzene rings is 8.